The van der Waals surface area contributed by atoms with Crippen LogP contribution in [0, 0.1) is 13.8 Å². The van der Waals surface area contributed by atoms with E-state index < -0.39 is 5.97 Å². The molecule has 1 aromatic heterocycles. The maximum atomic E-state index is 10.4. The zero-order valence-corrected chi connectivity index (χ0v) is 10.3. The van der Waals surface area contributed by atoms with Crippen LogP contribution in [-0.4, -0.2) is 20.9 Å². The molecule has 0 saturated heterocycles. The Kier molecular flexibility index (Phi) is 3.28. The molecule has 92 valence electrons. The SMILES string of the molecule is Cc1cnn(-c2ccc(C=CC(=O)O)cc2C)c1. The summed E-state index contributed by atoms with van der Waals surface area (Å²) in [5.41, 5.74) is 4.01. The second-order valence-corrected chi connectivity index (χ2v) is 4.18. The molecule has 1 aromatic carbocycles. The number of aliphatic carboxylic acids is 1. The zero-order chi connectivity index (χ0) is 13.1. The normalized spacial score (nSPS) is 11.0. The average molecular weight is 242 g/mol. The van der Waals surface area contributed by atoms with Gasteiger partial charge in [-0.2, -0.15) is 5.10 Å². The molecule has 0 aliphatic carbocycles. The topological polar surface area (TPSA) is 55.1 Å². The number of carboxylic acids is 1. The van der Waals surface area contributed by atoms with Crippen molar-refractivity contribution in [3.05, 3.63) is 53.4 Å². The summed E-state index contributed by atoms with van der Waals surface area (Å²) in [5.74, 6) is -0.945. The number of rotatable bonds is 3. The molecule has 2 rings (SSSR count). The molecule has 0 aliphatic rings. The third kappa shape index (κ3) is 2.66. The van der Waals surface area contributed by atoms with E-state index >= 15 is 0 Å². The van der Waals surface area contributed by atoms with Gasteiger partial charge in [-0.1, -0.05) is 6.07 Å². The van der Waals surface area contributed by atoms with Crippen molar-refractivity contribution in [3.63, 3.8) is 0 Å². The highest BCUT2D eigenvalue weighted by Gasteiger charge is 2.02. The summed E-state index contributed by atoms with van der Waals surface area (Å²) in [6.07, 6.45) is 6.47. The van der Waals surface area contributed by atoms with E-state index in [0.29, 0.717) is 0 Å². The second kappa shape index (κ2) is 4.87. The van der Waals surface area contributed by atoms with Crippen molar-refractivity contribution in [3.8, 4) is 5.69 Å². The van der Waals surface area contributed by atoms with Gasteiger partial charge in [-0.05, 0) is 48.7 Å². The van der Waals surface area contributed by atoms with E-state index in [1.54, 1.807) is 12.3 Å². The summed E-state index contributed by atoms with van der Waals surface area (Å²) in [6, 6.07) is 5.74. The molecule has 4 nitrogen and oxygen atoms in total. The van der Waals surface area contributed by atoms with Crippen LogP contribution in [0.4, 0.5) is 0 Å². The number of aromatic nitrogens is 2. The first-order chi connectivity index (χ1) is 8.56. The van der Waals surface area contributed by atoms with Crippen LogP contribution in [0.1, 0.15) is 16.7 Å². The van der Waals surface area contributed by atoms with Crippen LogP contribution in [0.3, 0.4) is 0 Å². The lowest BCUT2D eigenvalue weighted by Crippen LogP contribution is -1.97. The number of benzene rings is 1. The smallest absolute Gasteiger partial charge is 0.328 e. The fourth-order valence-electron chi connectivity index (χ4n) is 1.75. The van der Waals surface area contributed by atoms with E-state index in [-0.39, 0.29) is 0 Å². The van der Waals surface area contributed by atoms with Crippen molar-refractivity contribution in [2.45, 2.75) is 13.8 Å². The van der Waals surface area contributed by atoms with Gasteiger partial charge in [0.25, 0.3) is 0 Å². The van der Waals surface area contributed by atoms with Gasteiger partial charge in [0, 0.05) is 12.3 Å². The van der Waals surface area contributed by atoms with Crippen LogP contribution in [0.5, 0.6) is 0 Å². The van der Waals surface area contributed by atoms with E-state index in [9.17, 15) is 4.79 Å². The third-order valence-electron chi connectivity index (χ3n) is 2.60. The number of hydrogen-bond acceptors (Lipinski definition) is 2. The van der Waals surface area contributed by atoms with E-state index in [1.807, 2.05) is 42.9 Å². The van der Waals surface area contributed by atoms with E-state index in [0.717, 1.165) is 28.5 Å². The maximum absolute atomic E-state index is 10.4. The largest absolute Gasteiger partial charge is 0.478 e. The van der Waals surface area contributed by atoms with Crippen molar-refractivity contribution in [1.29, 1.82) is 0 Å². The first-order valence-corrected chi connectivity index (χ1v) is 5.59. The van der Waals surface area contributed by atoms with E-state index in [1.165, 1.54) is 0 Å². The fourth-order valence-corrected chi connectivity index (χ4v) is 1.75. The van der Waals surface area contributed by atoms with E-state index in [4.69, 9.17) is 5.11 Å². The Balaban J connectivity index is 2.33. The van der Waals surface area contributed by atoms with Gasteiger partial charge in [-0.25, -0.2) is 9.48 Å². The molecule has 0 spiro atoms. The van der Waals surface area contributed by atoms with Gasteiger partial charge >= 0.3 is 5.97 Å². The molecule has 2 aromatic rings. The average Bonchev–Trinajstić information content (AvgIpc) is 2.73. The molecule has 4 heteroatoms. The highest BCUT2D eigenvalue weighted by Crippen LogP contribution is 2.16. The number of nitrogens with zero attached hydrogens (tertiary/aromatic N) is 2. The summed E-state index contributed by atoms with van der Waals surface area (Å²) < 4.78 is 1.81. The Bertz CT molecular complexity index is 612. The van der Waals surface area contributed by atoms with Gasteiger partial charge in [-0.3, -0.25) is 0 Å². The minimum Gasteiger partial charge on any atom is -0.478 e. The molecule has 0 bridgehead atoms. The van der Waals surface area contributed by atoms with Crippen molar-refractivity contribution in [2.75, 3.05) is 0 Å². The van der Waals surface area contributed by atoms with Crippen LogP contribution in [0.15, 0.2) is 36.7 Å². The molecule has 0 unspecified atom stereocenters. The molecule has 0 fully saturated rings. The number of carboxylic acid groups (broad SMARTS) is 1. The Morgan fingerprint density at radius 2 is 2.17 bits per heavy atom. The van der Waals surface area contributed by atoms with Crippen LogP contribution < -0.4 is 0 Å². The van der Waals surface area contributed by atoms with Crippen molar-refractivity contribution >= 4 is 12.0 Å². The Hall–Kier alpha value is -2.36. The lowest BCUT2D eigenvalue weighted by molar-refractivity contribution is -0.131. The maximum Gasteiger partial charge on any atom is 0.328 e. The Morgan fingerprint density at radius 3 is 2.72 bits per heavy atom. The van der Waals surface area contributed by atoms with Crippen molar-refractivity contribution < 1.29 is 9.90 Å². The van der Waals surface area contributed by atoms with Gasteiger partial charge in [0.15, 0.2) is 0 Å². The molecule has 0 radical (unpaired) electrons. The van der Waals surface area contributed by atoms with Gasteiger partial charge in [0.1, 0.15) is 0 Å². The van der Waals surface area contributed by atoms with Crippen LogP contribution in [0.2, 0.25) is 0 Å². The van der Waals surface area contributed by atoms with Crippen LogP contribution >= 0.6 is 0 Å². The van der Waals surface area contributed by atoms with Gasteiger partial charge in [0.05, 0.1) is 11.9 Å². The van der Waals surface area contributed by atoms with Gasteiger partial charge < -0.3 is 5.11 Å². The molecular weight excluding hydrogens is 228 g/mol. The summed E-state index contributed by atoms with van der Waals surface area (Å²) in [5, 5.41) is 12.8. The highest BCUT2D eigenvalue weighted by molar-refractivity contribution is 5.85. The van der Waals surface area contributed by atoms with E-state index in [2.05, 4.69) is 5.10 Å². The molecule has 18 heavy (non-hydrogen) atoms. The van der Waals surface area contributed by atoms with Crippen molar-refractivity contribution in [2.24, 2.45) is 0 Å². The van der Waals surface area contributed by atoms with Gasteiger partial charge in [0.2, 0.25) is 0 Å². The van der Waals surface area contributed by atoms with Gasteiger partial charge in [-0.15, -0.1) is 0 Å². The zero-order valence-electron chi connectivity index (χ0n) is 10.3. The van der Waals surface area contributed by atoms with Crippen LogP contribution in [-0.2, 0) is 4.79 Å². The molecule has 0 aliphatic heterocycles. The number of aryl methyl sites for hydroxylation is 2. The highest BCUT2D eigenvalue weighted by atomic mass is 16.4. The van der Waals surface area contributed by atoms with Crippen LogP contribution in [0.25, 0.3) is 11.8 Å². The second-order valence-electron chi connectivity index (χ2n) is 4.18. The lowest BCUT2D eigenvalue weighted by Gasteiger charge is -2.06. The van der Waals surface area contributed by atoms with Crippen molar-refractivity contribution in [1.82, 2.24) is 9.78 Å². The summed E-state index contributed by atoms with van der Waals surface area (Å²) in [4.78, 5) is 10.4. The first-order valence-electron chi connectivity index (χ1n) is 5.59. The summed E-state index contributed by atoms with van der Waals surface area (Å²) >= 11 is 0. The first kappa shape index (κ1) is 12.1. The molecule has 1 heterocycles. The fraction of sp³-hybridized carbons (Fsp3) is 0.143. The molecule has 0 amide bonds. The predicted octanol–water partition coefficient (Wildman–Crippen LogP) is 2.59. The number of hydrogen-bond donors (Lipinski definition) is 1. The lowest BCUT2D eigenvalue weighted by atomic mass is 10.1. The summed E-state index contributed by atoms with van der Waals surface area (Å²) in [6.45, 7) is 3.97. The standard InChI is InChI=1S/C14H14N2O2/c1-10-8-15-16(9-10)13-5-3-12(7-11(13)2)4-6-14(17)18/h3-9H,1-2H3,(H,17,18). The summed E-state index contributed by atoms with van der Waals surface area (Å²) in [7, 11) is 0. The molecular formula is C14H14N2O2. The monoisotopic (exact) mass is 242 g/mol. The minimum atomic E-state index is -0.945. The molecule has 1 N–H and O–H groups in total. The number of carbonyl (C=O) groups is 1. The Morgan fingerprint density at radius 1 is 1.39 bits per heavy atom. The predicted molar refractivity (Wildman–Crippen MR) is 69.7 cm³/mol. The third-order valence-corrected chi connectivity index (χ3v) is 2.60. The quantitative estimate of drug-likeness (QED) is 0.842. The minimum absolute atomic E-state index is 0.863. The molecule has 0 atom stereocenters. The Labute approximate surface area is 105 Å². The molecule has 0 saturated carbocycles.